The molecule has 0 saturated carbocycles. The van der Waals surface area contributed by atoms with Crippen LogP contribution < -0.4 is 10.6 Å². The molecule has 2 aliphatic rings. The van der Waals surface area contributed by atoms with E-state index in [9.17, 15) is 4.79 Å². The second kappa shape index (κ2) is 7.90. The number of morpholine rings is 1. The van der Waals surface area contributed by atoms with Crippen LogP contribution >= 0.6 is 0 Å². The predicted octanol–water partition coefficient (Wildman–Crippen LogP) is 1.00. The molecule has 2 N–H and O–H groups in total. The van der Waals surface area contributed by atoms with E-state index in [4.69, 9.17) is 4.74 Å². The molecule has 5 nitrogen and oxygen atoms in total. The van der Waals surface area contributed by atoms with Gasteiger partial charge in [0.2, 0.25) is 0 Å². The maximum Gasteiger partial charge on any atom is 0.250 e. The van der Waals surface area contributed by atoms with Crippen molar-refractivity contribution in [1.82, 2.24) is 15.5 Å². The zero-order valence-electron chi connectivity index (χ0n) is 13.8. The van der Waals surface area contributed by atoms with Crippen molar-refractivity contribution in [1.29, 1.82) is 0 Å². The van der Waals surface area contributed by atoms with Gasteiger partial charge in [-0.1, -0.05) is 30.3 Å². The van der Waals surface area contributed by atoms with Crippen LogP contribution in [0, 0.1) is 5.92 Å². The molecule has 2 aliphatic heterocycles. The number of nitrogens with one attached hydrogen (secondary N) is 2. The highest BCUT2D eigenvalue weighted by atomic mass is 16.5. The zero-order valence-corrected chi connectivity index (χ0v) is 13.8. The number of rotatable bonds is 5. The number of benzene rings is 1. The van der Waals surface area contributed by atoms with Crippen LogP contribution in [0.25, 0.3) is 0 Å². The molecule has 0 bridgehead atoms. The van der Waals surface area contributed by atoms with Crippen molar-refractivity contribution in [3.05, 3.63) is 35.9 Å². The van der Waals surface area contributed by atoms with Crippen LogP contribution in [0.15, 0.2) is 30.3 Å². The smallest absolute Gasteiger partial charge is 0.250 e. The highest BCUT2D eigenvalue weighted by molar-refractivity contribution is 5.81. The minimum Gasteiger partial charge on any atom is -0.366 e. The molecule has 1 amide bonds. The van der Waals surface area contributed by atoms with Crippen LogP contribution in [0.1, 0.15) is 18.9 Å². The molecule has 3 atom stereocenters. The Labute approximate surface area is 138 Å². The molecular formula is C18H27N3O2. The van der Waals surface area contributed by atoms with E-state index in [2.05, 4.69) is 52.8 Å². The summed E-state index contributed by atoms with van der Waals surface area (Å²) in [6, 6.07) is 10.8. The highest BCUT2D eigenvalue weighted by Gasteiger charge is 2.30. The first-order valence-electron chi connectivity index (χ1n) is 8.61. The van der Waals surface area contributed by atoms with Crippen LogP contribution in [0.5, 0.6) is 0 Å². The number of amides is 1. The largest absolute Gasteiger partial charge is 0.366 e. The van der Waals surface area contributed by atoms with Crippen molar-refractivity contribution in [2.75, 3.05) is 32.8 Å². The Bertz CT molecular complexity index is 502. The Balaban J connectivity index is 1.45. The standard InChI is InChI=1S/C18H27N3O2/c1-14(20-18(22)17-11-19-8-10-23-17)16-7-9-21(13-16)12-15-5-3-2-4-6-15/h2-6,14,16-17,19H,7-13H2,1H3,(H,20,22). The average molecular weight is 317 g/mol. The van der Waals surface area contributed by atoms with Crippen LogP contribution in [-0.4, -0.2) is 55.7 Å². The average Bonchev–Trinajstić information content (AvgIpc) is 3.05. The first-order chi connectivity index (χ1) is 11.2. The monoisotopic (exact) mass is 317 g/mol. The van der Waals surface area contributed by atoms with Gasteiger partial charge >= 0.3 is 0 Å². The summed E-state index contributed by atoms with van der Waals surface area (Å²) >= 11 is 0. The number of nitrogens with zero attached hydrogens (tertiary/aromatic N) is 1. The molecule has 0 spiro atoms. The van der Waals surface area contributed by atoms with Crippen molar-refractivity contribution in [2.45, 2.75) is 32.0 Å². The third-order valence-corrected chi connectivity index (χ3v) is 4.85. The van der Waals surface area contributed by atoms with Crippen molar-refractivity contribution < 1.29 is 9.53 Å². The second-order valence-corrected chi connectivity index (χ2v) is 6.63. The number of carbonyl (C=O) groups is 1. The first-order valence-corrected chi connectivity index (χ1v) is 8.61. The molecule has 1 aromatic rings. The van der Waals surface area contributed by atoms with E-state index in [1.54, 1.807) is 0 Å². The summed E-state index contributed by atoms with van der Waals surface area (Å²) in [7, 11) is 0. The van der Waals surface area contributed by atoms with Gasteiger partial charge in [-0.15, -0.1) is 0 Å². The van der Waals surface area contributed by atoms with Gasteiger partial charge in [-0.2, -0.15) is 0 Å². The van der Waals surface area contributed by atoms with Gasteiger partial charge in [0.25, 0.3) is 5.91 Å². The molecule has 5 heteroatoms. The Morgan fingerprint density at radius 1 is 1.43 bits per heavy atom. The normalized spacial score (nSPS) is 26.8. The molecule has 23 heavy (non-hydrogen) atoms. The summed E-state index contributed by atoms with van der Waals surface area (Å²) in [6.45, 7) is 7.31. The van der Waals surface area contributed by atoms with Crippen molar-refractivity contribution in [3.63, 3.8) is 0 Å². The maximum atomic E-state index is 12.2. The fraction of sp³-hybridized carbons (Fsp3) is 0.611. The molecule has 0 radical (unpaired) electrons. The lowest BCUT2D eigenvalue weighted by Gasteiger charge is -2.27. The van der Waals surface area contributed by atoms with Gasteiger partial charge in [-0.3, -0.25) is 9.69 Å². The number of hydrogen-bond donors (Lipinski definition) is 2. The van der Waals surface area contributed by atoms with Gasteiger partial charge < -0.3 is 15.4 Å². The fourth-order valence-corrected chi connectivity index (χ4v) is 3.42. The summed E-state index contributed by atoms with van der Waals surface area (Å²) in [5.74, 6) is 0.533. The van der Waals surface area contributed by atoms with E-state index < -0.39 is 0 Å². The zero-order chi connectivity index (χ0) is 16.1. The maximum absolute atomic E-state index is 12.2. The quantitative estimate of drug-likeness (QED) is 0.851. The van der Waals surface area contributed by atoms with Crippen LogP contribution in [0.4, 0.5) is 0 Å². The van der Waals surface area contributed by atoms with E-state index in [-0.39, 0.29) is 18.1 Å². The van der Waals surface area contributed by atoms with Crippen LogP contribution in [0.2, 0.25) is 0 Å². The SMILES string of the molecule is CC(NC(=O)C1CNCCO1)C1CCN(Cc2ccccc2)C1. The number of hydrogen-bond acceptors (Lipinski definition) is 4. The lowest BCUT2D eigenvalue weighted by molar-refractivity contribution is -0.135. The highest BCUT2D eigenvalue weighted by Crippen LogP contribution is 2.21. The van der Waals surface area contributed by atoms with Crippen molar-refractivity contribution in [3.8, 4) is 0 Å². The topological polar surface area (TPSA) is 53.6 Å². The van der Waals surface area contributed by atoms with Gasteiger partial charge in [-0.05, 0) is 31.4 Å². The predicted molar refractivity (Wildman–Crippen MR) is 90.0 cm³/mol. The Hall–Kier alpha value is -1.43. The first kappa shape index (κ1) is 16.4. The van der Waals surface area contributed by atoms with Gasteiger partial charge in [-0.25, -0.2) is 0 Å². The molecule has 1 aromatic carbocycles. The molecule has 3 rings (SSSR count). The van der Waals surface area contributed by atoms with E-state index >= 15 is 0 Å². The van der Waals surface area contributed by atoms with E-state index in [1.165, 1.54) is 5.56 Å². The van der Waals surface area contributed by atoms with Gasteiger partial charge in [0.1, 0.15) is 6.10 Å². The number of likely N-dealkylation sites (tertiary alicyclic amines) is 1. The summed E-state index contributed by atoms with van der Waals surface area (Å²) in [5, 5.41) is 6.34. The summed E-state index contributed by atoms with van der Waals surface area (Å²) in [4.78, 5) is 14.7. The van der Waals surface area contributed by atoms with E-state index in [0.29, 0.717) is 19.1 Å². The lowest BCUT2D eigenvalue weighted by Crippen LogP contribution is -2.51. The summed E-state index contributed by atoms with van der Waals surface area (Å²) < 4.78 is 5.52. The van der Waals surface area contributed by atoms with Gasteiger partial charge in [0.05, 0.1) is 6.61 Å². The Kier molecular flexibility index (Phi) is 5.65. The fourth-order valence-electron chi connectivity index (χ4n) is 3.42. The molecule has 0 aromatic heterocycles. The molecule has 126 valence electrons. The van der Waals surface area contributed by atoms with Gasteiger partial charge in [0.15, 0.2) is 0 Å². The minimum absolute atomic E-state index is 0.0196. The van der Waals surface area contributed by atoms with Crippen molar-refractivity contribution >= 4 is 5.91 Å². The number of ether oxygens (including phenoxy) is 1. The Morgan fingerprint density at radius 2 is 2.26 bits per heavy atom. The van der Waals surface area contributed by atoms with Gasteiger partial charge in [0, 0.05) is 32.2 Å². The molecular weight excluding hydrogens is 290 g/mol. The third-order valence-electron chi connectivity index (χ3n) is 4.85. The molecule has 2 saturated heterocycles. The van der Waals surface area contributed by atoms with Crippen molar-refractivity contribution in [2.24, 2.45) is 5.92 Å². The van der Waals surface area contributed by atoms with Crippen LogP contribution in [0.3, 0.4) is 0 Å². The molecule has 0 aliphatic carbocycles. The van der Waals surface area contributed by atoms with Crippen LogP contribution in [-0.2, 0) is 16.1 Å². The third kappa shape index (κ3) is 4.53. The Morgan fingerprint density at radius 3 is 3.00 bits per heavy atom. The minimum atomic E-state index is -0.340. The lowest BCUT2D eigenvalue weighted by atomic mass is 10.0. The molecule has 3 unspecified atom stereocenters. The molecule has 2 heterocycles. The molecule has 2 fully saturated rings. The van der Waals surface area contributed by atoms with E-state index in [0.717, 1.165) is 32.6 Å². The van der Waals surface area contributed by atoms with E-state index in [1.807, 2.05) is 0 Å². The number of carbonyl (C=O) groups excluding carboxylic acids is 1. The summed E-state index contributed by atoms with van der Waals surface area (Å²) in [6.07, 6.45) is 0.797. The second-order valence-electron chi connectivity index (χ2n) is 6.63. The summed E-state index contributed by atoms with van der Waals surface area (Å²) in [5.41, 5.74) is 1.35.